The molecule has 1 N–H and O–H groups in total. The molecule has 1 fully saturated rings. The molecule has 1 aliphatic heterocycles. The van der Waals surface area contributed by atoms with Crippen LogP contribution in [0.3, 0.4) is 0 Å². The molecule has 4 rings (SSSR count). The molecule has 0 amide bonds. The van der Waals surface area contributed by atoms with Gasteiger partial charge in [0.15, 0.2) is 5.82 Å². The third kappa shape index (κ3) is 3.84. The highest BCUT2D eigenvalue weighted by Gasteiger charge is 2.17. The van der Waals surface area contributed by atoms with Gasteiger partial charge in [-0.3, -0.25) is 0 Å². The number of rotatable bonds is 4. The summed E-state index contributed by atoms with van der Waals surface area (Å²) in [6.45, 7) is 7.47. The van der Waals surface area contributed by atoms with Gasteiger partial charge in [0.05, 0.1) is 41.3 Å². The molecular weight excluding hydrogens is 386 g/mol. The number of aromatic nitrogens is 2. The molecular formula is C22H22ClN5O. The summed E-state index contributed by atoms with van der Waals surface area (Å²) < 4.78 is 5.47. The van der Waals surface area contributed by atoms with Crippen LogP contribution in [0.4, 0.5) is 11.5 Å². The van der Waals surface area contributed by atoms with E-state index in [0.29, 0.717) is 36.2 Å². The zero-order valence-corrected chi connectivity index (χ0v) is 17.3. The van der Waals surface area contributed by atoms with Crippen molar-refractivity contribution in [1.82, 2.24) is 10.2 Å². The van der Waals surface area contributed by atoms with Gasteiger partial charge >= 0.3 is 0 Å². The summed E-state index contributed by atoms with van der Waals surface area (Å²) in [5, 5.41) is 24.0. The number of ether oxygens (including phenoxy) is 1. The molecule has 1 aromatic heterocycles. The number of anilines is 2. The van der Waals surface area contributed by atoms with Crippen molar-refractivity contribution in [2.24, 2.45) is 0 Å². The van der Waals surface area contributed by atoms with Gasteiger partial charge in [0, 0.05) is 30.4 Å². The molecule has 0 bridgehead atoms. The maximum atomic E-state index is 9.26. The van der Waals surface area contributed by atoms with Crippen molar-refractivity contribution in [3.8, 4) is 6.07 Å². The second-order valence-electron chi connectivity index (χ2n) is 7.14. The van der Waals surface area contributed by atoms with E-state index in [1.165, 1.54) is 0 Å². The molecule has 0 aliphatic carbocycles. The minimum Gasteiger partial charge on any atom is -0.378 e. The van der Waals surface area contributed by atoms with Crippen LogP contribution in [-0.2, 0) is 11.3 Å². The average molecular weight is 408 g/mol. The second kappa shape index (κ2) is 8.24. The van der Waals surface area contributed by atoms with E-state index in [2.05, 4.69) is 32.5 Å². The van der Waals surface area contributed by atoms with Crippen molar-refractivity contribution < 1.29 is 4.74 Å². The molecule has 0 saturated carbocycles. The van der Waals surface area contributed by atoms with Crippen molar-refractivity contribution in [3.63, 3.8) is 0 Å². The first-order valence-corrected chi connectivity index (χ1v) is 9.98. The normalized spacial score (nSPS) is 14.1. The number of halogens is 1. The molecule has 1 saturated heterocycles. The molecule has 2 heterocycles. The number of nitrogens with one attached hydrogen (secondary N) is 1. The summed E-state index contributed by atoms with van der Waals surface area (Å²) in [7, 11) is 0. The first-order chi connectivity index (χ1) is 14.1. The Balaban J connectivity index is 1.71. The predicted octanol–water partition coefficient (Wildman–Crippen LogP) is 4.22. The quantitative estimate of drug-likeness (QED) is 0.697. The van der Waals surface area contributed by atoms with Crippen molar-refractivity contribution in [2.45, 2.75) is 20.4 Å². The Bertz CT molecular complexity index is 1100. The van der Waals surface area contributed by atoms with Crippen LogP contribution in [0.15, 0.2) is 30.3 Å². The number of aryl methyl sites for hydroxylation is 1. The fourth-order valence-electron chi connectivity index (χ4n) is 3.64. The van der Waals surface area contributed by atoms with Crippen LogP contribution in [-0.4, -0.2) is 36.5 Å². The number of morpholine rings is 1. The number of hydrogen-bond donors (Lipinski definition) is 1. The molecule has 29 heavy (non-hydrogen) atoms. The Hall–Kier alpha value is -2.88. The van der Waals surface area contributed by atoms with E-state index < -0.39 is 0 Å². The zero-order chi connectivity index (χ0) is 20.4. The van der Waals surface area contributed by atoms with Crippen LogP contribution in [0.5, 0.6) is 0 Å². The highest BCUT2D eigenvalue weighted by atomic mass is 35.5. The van der Waals surface area contributed by atoms with Crippen molar-refractivity contribution in [2.75, 3.05) is 36.5 Å². The molecule has 3 aromatic rings. The Morgan fingerprint density at radius 1 is 1.17 bits per heavy atom. The first kappa shape index (κ1) is 19.4. The number of fused-ring (bicyclic) bond motifs is 1. The summed E-state index contributed by atoms with van der Waals surface area (Å²) in [6.07, 6.45) is 0. The van der Waals surface area contributed by atoms with E-state index in [4.69, 9.17) is 16.3 Å². The average Bonchev–Trinajstić information content (AvgIpc) is 2.75. The van der Waals surface area contributed by atoms with E-state index in [-0.39, 0.29) is 0 Å². The lowest BCUT2D eigenvalue weighted by Crippen LogP contribution is -2.36. The van der Waals surface area contributed by atoms with Gasteiger partial charge in [0.2, 0.25) is 0 Å². The molecule has 2 aromatic carbocycles. The molecule has 0 spiro atoms. The minimum atomic E-state index is 0.559. The molecule has 7 heteroatoms. The summed E-state index contributed by atoms with van der Waals surface area (Å²) in [4.78, 5) is 2.24. The van der Waals surface area contributed by atoms with Gasteiger partial charge in [-0.05, 0) is 43.2 Å². The van der Waals surface area contributed by atoms with Crippen LogP contribution in [0.2, 0.25) is 5.02 Å². The van der Waals surface area contributed by atoms with Crippen molar-refractivity contribution >= 4 is 33.9 Å². The van der Waals surface area contributed by atoms with Crippen LogP contribution in [0, 0.1) is 25.2 Å². The molecule has 0 radical (unpaired) electrons. The van der Waals surface area contributed by atoms with Gasteiger partial charge in [-0.15, -0.1) is 5.10 Å². The Kier molecular flexibility index (Phi) is 5.52. The highest BCUT2D eigenvalue weighted by molar-refractivity contribution is 6.34. The van der Waals surface area contributed by atoms with E-state index in [1.807, 2.05) is 38.1 Å². The molecule has 6 nitrogen and oxygen atoms in total. The predicted molar refractivity (Wildman–Crippen MR) is 116 cm³/mol. The topological polar surface area (TPSA) is 74.1 Å². The van der Waals surface area contributed by atoms with Crippen LogP contribution >= 0.6 is 11.6 Å². The number of hydrogen-bond acceptors (Lipinski definition) is 6. The van der Waals surface area contributed by atoms with Crippen LogP contribution in [0.25, 0.3) is 10.8 Å². The number of nitriles is 1. The van der Waals surface area contributed by atoms with Gasteiger partial charge in [0.1, 0.15) is 0 Å². The summed E-state index contributed by atoms with van der Waals surface area (Å²) in [5.41, 5.74) is 4.54. The third-order valence-electron chi connectivity index (χ3n) is 5.40. The Morgan fingerprint density at radius 3 is 2.72 bits per heavy atom. The largest absolute Gasteiger partial charge is 0.378 e. The summed E-state index contributed by atoms with van der Waals surface area (Å²) in [5.74, 6) is 0.707. The lowest BCUT2D eigenvalue weighted by Gasteiger charge is -2.30. The summed E-state index contributed by atoms with van der Waals surface area (Å²) >= 11 is 6.61. The highest BCUT2D eigenvalue weighted by Crippen LogP contribution is 2.35. The lowest BCUT2D eigenvalue weighted by molar-refractivity contribution is 0.122. The standard InChI is InChI=1S/C22H22ClN5O/c1-14-16(12-24)4-3-5-17(14)13-25-22-19-11-21(28-6-8-29-9-7-28)20(23)10-18(19)15(2)26-27-22/h3-5,10-11H,6-9,13H2,1-2H3,(H,25,27). The van der Waals surface area contributed by atoms with E-state index in [0.717, 1.165) is 46.4 Å². The van der Waals surface area contributed by atoms with E-state index in [9.17, 15) is 5.26 Å². The van der Waals surface area contributed by atoms with Crippen molar-refractivity contribution in [1.29, 1.82) is 5.26 Å². The van der Waals surface area contributed by atoms with E-state index in [1.54, 1.807) is 0 Å². The maximum absolute atomic E-state index is 9.26. The molecule has 148 valence electrons. The SMILES string of the molecule is Cc1c(C#N)cccc1CNc1nnc(C)c2cc(Cl)c(N3CCOCC3)cc12. The maximum Gasteiger partial charge on any atom is 0.156 e. The smallest absolute Gasteiger partial charge is 0.156 e. The Morgan fingerprint density at radius 2 is 1.97 bits per heavy atom. The monoisotopic (exact) mass is 407 g/mol. The van der Waals surface area contributed by atoms with Gasteiger partial charge in [-0.2, -0.15) is 10.4 Å². The molecule has 0 unspecified atom stereocenters. The van der Waals surface area contributed by atoms with Gasteiger partial charge < -0.3 is 15.0 Å². The van der Waals surface area contributed by atoms with Gasteiger partial charge in [-0.25, -0.2) is 0 Å². The second-order valence-corrected chi connectivity index (χ2v) is 7.54. The fourth-order valence-corrected chi connectivity index (χ4v) is 3.93. The van der Waals surface area contributed by atoms with Gasteiger partial charge in [0.25, 0.3) is 0 Å². The number of benzene rings is 2. The zero-order valence-electron chi connectivity index (χ0n) is 16.5. The van der Waals surface area contributed by atoms with Crippen LogP contribution < -0.4 is 10.2 Å². The fraction of sp³-hybridized carbons (Fsp3) is 0.318. The summed E-state index contributed by atoms with van der Waals surface area (Å²) in [6, 6.07) is 12.0. The molecule has 1 aliphatic rings. The van der Waals surface area contributed by atoms with Gasteiger partial charge in [-0.1, -0.05) is 23.7 Å². The minimum absolute atomic E-state index is 0.559. The number of nitrogens with zero attached hydrogens (tertiary/aromatic N) is 4. The van der Waals surface area contributed by atoms with E-state index >= 15 is 0 Å². The third-order valence-corrected chi connectivity index (χ3v) is 5.70. The lowest BCUT2D eigenvalue weighted by atomic mass is 10.0. The first-order valence-electron chi connectivity index (χ1n) is 9.60. The Labute approximate surface area is 175 Å². The van der Waals surface area contributed by atoms with Crippen molar-refractivity contribution in [3.05, 3.63) is 57.7 Å². The van der Waals surface area contributed by atoms with Crippen LogP contribution in [0.1, 0.15) is 22.4 Å². The molecule has 0 atom stereocenters.